The molecule has 2 aliphatic carbocycles. The van der Waals surface area contributed by atoms with Gasteiger partial charge in [0.25, 0.3) is 0 Å². The van der Waals surface area contributed by atoms with Crippen LogP contribution >= 0.6 is 60.2 Å². The second-order valence-electron chi connectivity index (χ2n) is 37.1. The van der Waals surface area contributed by atoms with E-state index in [4.69, 9.17) is 172 Å². The zero-order chi connectivity index (χ0) is 101. The predicted octanol–water partition coefficient (Wildman–Crippen LogP) is -10.2. The highest BCUT2D eigenvalue weighted by molar-refractivity contribution is 7.99. The minimum absolute atomic E-state index is 0.0319. The van der Waals surface area contributed by atoms with Crippen LogP contribution in [0, 0.1) is 0 Å². The zero-order valence-corrected chi connectivity index (χ0v) is 81.4. The average molecular weight is 2080 g/mol. The van der Waals surface area contributed by atoms with Gasteiger partial charge in [-0.25, -0.2) is 0 Å². The van der Waals surface area contributed by atoms with Crippen molar-refractivity contribution in [2.24, 2.45) is 68.8 Å². The molecule has 44 N–H and O–H groups in total. The smallest absolute Gasteiger partial charge is 0.314 e. The first-order chi connectivity index (χ1) is 67.0. The Labute approximate surface area is 834 Å². The number of benzene rings is 3. The second-order valence-corrected chi connectivity index (χ2v) is 40.6. The minimum Gasteiger partial charge on any atom is -0.508 e. The van der Waals surface area contributed by atoms with Gasteiger partial charge in [0.15, 0.2) is 58.7 Å². The number of hydrogen-bond acceptors (Lipinski definition) is 47. The van der Waals surface area contributed by atoms with Gasteiger partial charge >= 0.3 is 5.97 Å². The Morgan fingerprint density at radius 3 is 1.15 bits per heavy atom. The summed E-state index contributed by atoms with van der Waals surface area (Å²) in [6, 6.07) is 7.77. The highest BCUT2D eigenvalue weighted by Crippen LogP contribution is 2.58. The number of nitrogens with two attached hydrogens (primary N) is 12. The molecule has 0 aromatic heterocycles. The van der Waals surface area contributed by atoms with E-state index in [1.165, 1.54) is 47.8 Å². The van der Waals surface area contributed by atoms with Gasteiger partial charge in [0.05, 0.1) is 54.5 Å². The number of rotatable bonds is 43. The number of phenolic OH excluding ortho intramolecular Hbond substituents is 2. The highest BCUT2D eigenvalue weighted by atomic mass is 32.2. The number of unbranched alkanes of at least 4 members (excludes halogenated alkanes) is 3. The third-order valence-corrected chi connectivity index (χ3v) is 30.2. The molecule has 8 aliphatic heterocycles. The number of thioether (sulfide) groups is 2. The van der Waals surface area contributed by atoms with E-state index in [2.05, 4.69) is 36.8 Å². The van der Waals surface area contributed by atoms with Crippen molar-refractivity contribution in [1.29, 1.82) is 0 Å². The van der Waals surface area contributed by atoms with Crippen molar-refractivity contribution in [1.82, 2.24) is 31.5 Å². The van der Waals surface area contributed by atoms with Crippen molar-refractivity contribution in [3.8, 4) is 23.0 Å². The molecule has 8 heterocycles. The quantitative estimate of drug-likeness (QED) is 0.0142. The molecule has 13 rings (SSSR count). The molecule has 15 unspecified atom stereocenters. The lowest BCUT2D eigenvalue weighted by atomic mass is 9.77. The molecule has 3 aromatic rings. The van der Waals surface area contributed by atoms with E-state index in [-0.39, 0.29) is 68.4 Å². The number of thiocarbonyl (C=S) groups is 3. The molecular formula is C87H143N19O29S5. The van der Waals surface area contributed by atoms with Gasteiger partial charge in [-0.3, -0.25) is 4.79 Å². The number of nitrogens with zero attached hydrogens (tertiary/aromatic N) is 1. The number of carbonyl (C=O) groups is 1. The Balaban J connectivity index is 0.584. The lowest BCUT2D eigenvalue weighted by Crippen LogP contribution is -2.68. The largest absolute Gasteiger partial charge is 0.508 e. The van der Waals surface area contributed by atoms with Crippen molar-refractivity contribution < 1.29 is 143 Å². The number of phenols is 2. The molecule has 9 fully saturated rings. The molecule has 790 valence electrons. The van der Waals surface area contributed by atoms with Crippen molar-refractivity contribution in [3.05, 3.63) is 77.4 Å². The molecule has 10 aliphatic rings. The Morgan fingerprint density at radius 2 is 0.743 bits per heavy atom. The van der Waals surface area contributed by atoms with Gasteiger partial charge in [-0.2, -0.15) is 23.5 Å². The molecule has 0 amide bonds. The standard InChI is InChI=1S/C87H143N19O29S5/c88-30-49-61(111)65(115)55(96)78(123-49)129-71-45(94)27-43(92)59(109)75(71)133-82-69(119)73(131-80-57(98)67(117)63(113)51(32-90)125-80)53(127-82)34-139-23-18-103-84(136)100-16-3-5-21-106(20-4-1-2-15-102-86(138)105-37-9-7-36(8-10-37)40-29-87(135-77(40)121)41-13-11-38(107)25-47(41)122-48-26-39(108)12-14-42(48)87)22-6-17-101-85(137)104-19-24-140-35-54-74(132-81-58(99)68(118)64(114)52(33-91)126-81)70(120)83(128-54)134-76-60(110)44(93)28-46(95)72(76)130-79-56(97)66(116)62(112)50(31-89)124-79/h7-14,25-26,40,43-46,49-76,78-83,107-120H,1-6,15-24,27-35,88-99H2,(H2,100,103,136)(H2,101,104,137)(H2,102,105,138)/t40?,43-,44-,45?,46?,49?,50?,51+,52+,53-,54-,55?,56?,57?,58?,59?,60?,61-,62-,63-,64-,65-,66-,67?,68?,69+,70+,71-,72-,73+,74+,75-,76-,78-,79-,80-,81-,82?,83?/m1/s1. The summed E-state index contributed by atoms with van der Waals surface area (Å²) in [6.45, 7) is 3.88. The van der Waals surface area contributed by atoms with E-state index < -0.39 is 250 Å². The fourth-order valence-electron chi connectivity index (χ4n) is 19.1. The van der Waals surface area contributed by atoms with Crippen LogP contribution in [-0.2, 0) is 72.0 Å². The fourth-order valence-corrected chi connectivity index (χ4v) is 21.6. The van der Waals surface area contributed by atoms with Gasteiger partial charge in [0.1, 0.15) is 145 Å². The van der Waals surface area contributed by atoms with Gasteiger partial charge in [-0.05, 0) is 143 Å². The summed E-state index contributed by atoms with van der Waals surface area (Å²) >= 11 is 20.0. The Hall–Kier alpha value is -5.18. The summed E-state index contributed by atoms with van der Waals surface area (Å²) in [5.41, 5.74) is 76.0. The summed E-state index contributed by atoms with van der Waals surface area (Å²) < 4.78 is 86.5. The SMILES string of the molecule is NCC1O[C@H](O[C@@H]2C(N)C[C@@H](N)C(O)[C@H]2OC2O[C@H](CSCCNC(=S)NCCCCN(CCCCCNC(=S)Nc3ccc(C4CC5(OC4=O)c4ccc(O)cc4Oc4cc(O)ccc45)cc3)CCCNC(=S)NCCSC[C@H]3OC(O[C@@H]4C(O)[C@H](N)CC(N)[C@H]4O[C@H]4OC(CN)[C@@H](O)[C@H](O)C4N)[C@@H](O)[C@H]3O[C@H]3O[C@@H](CN)[C@@H](O)C(O)C3N)[C@H](O[C@H]3O[C@@H](CN)[C@@H](O)C(O)C3N)[C@@H]2O)C(N)[C@@H](O)[C@@H]1O. The van der Waals surface area contributed by atoms with Crippen LogP contribution in [0.2, 0.25) is 0 Å². The number of hydrogen-bond donors (Lipinski definition) is 32. The van der Waals surface area contributed by atoms with Gasteiger partial charge < -0.3 is 243 Å². The number of aliphatic hydroxyl groups is 12. The van der Waals surface area contributed by atoms with Gasteiger partial charge in [0.2, 0.25) is 0 Å². The van der Waals surface area contributed by atoms with Crippen LogP contribution < -0.4 is 105 Å². The highest BCUT2D eigenvalue weighted by Gasteiger charge is 2.60. The molecule has 1 spiro atoms. The van der Waals surface area contributed by atoms with E-state index in [0.717, 1.165) is 63.7 Å². The predicted molar refractivity (Wildman–Crippen MR) is 520 cm³/mol. The molecule has 3 aromatic carbocycles. The van der Waals surface area contributed by atoms with Crippen molar-refractivity contribution >= 4 is 87.2 Å². The third-order valence-electron chi connectivity index (χ3n) is 27.2. The lowest BCUT2D eigenvalue weighted by molar-refractivity contribution is -0.306. The number of aliphatic hydroxyl groups excluding tert-OH is 12. The maximum Gasteiger partial charge on any atom is 0.314 e. The molecule has 0 radical (unpaired) electrons. The average Bonchev–Trinajstić information content (AvgIpc) is 1.52. The number of nitrogens with one attached hydrogen (secondary N) is 6. The maximum atomic E-state index is 13.8. The maximum absolute atomic E-state index is 13.8. The van der Waals surface area contributed by atoms with Gasteiger partial charge in [-0.1, -0.05) is 18.6 Å². The first kappa shape index (κ1) is 112. The van der Waals surface area contributed by atoms with Crippen LogP contribution in [0.1, 0.15) is 80.4 Å². The monoisotopic (exact) mass is 2080 g/mol. The lowest BCUT2D eigenvalue weighted by Gasteiger charge is -2.47. The van der Waals surface area contributed by atoms with Gasteiger partial charge in [-0.15, -0.1) is 0 Å². The van der Waals surface area contributed by atoms with Crippen LogP contribution in [-0.4, -0.2) is 432 Å². The topological polar surface area (TPSA) is 817 Å². The number of aromatic hydroxyl groups is 2. The van der Waals surface area contributed by atoms with Crippen molar-refractivity contribution in [2.45, 2.75) is 302 Å². The van der Waals surface area contributed by atoms with Crippen LogP contribution in [0.5, 0.6) is 23.0 Å². The van der Waals surface area contributed by atoms with Crippen molar-refractivity contribution in [3.63, 3.8) is 0 Å². The Bertz CT molecular complexity index is 4390. The summed E-state index contributed by atoms with van der Waals surface area (Å²) in [6.07, 6.45) is -35.6. The fraction of sp³-hybridized carbons (Fsp3) is 0.747. The molecule has 7 saturated heterocycles. The van der Waals surface area contributed by atoms with Crippen LogP contribution in [0.15, 0.2) is 60.7 Å². The zero-order valence-electron chi connectivity index (χ0n) is 77.3. The minimum atomic E-state index is -1.63. The van der Waals surface area contributed by atoms with Gasteiger partial charge in [0, 0.05) is 141 Å². The number of fused-ring (bicyclic) bond motifs is 4. The normalized spacial score (nSPS) is 38.5. The molecule has 48 nitrogen and oxygen atoms in total. The summed E-state index contributed by atoms with van der Waals surface area (Å²) in [7, 11) is 0. The Kier molecular flexibility index (Phi) is 41.3. The van der Waals surface area contributed by atoms with Crippen LogP contribution in [0.3, 0.4) is 0 Å². The Morgan fingerprint density at radius 1 is 0.393 bits per heavy atom. The number of ether oxygens (including phenoxy) is 14. The van der Waals surface area contributed by atoms with E-state index in [1.54, 1.807) is 12.1 Å². The molecular weight excluding hydrogens is 1940 g/mol. The number of esters is 1. The van der Waals surface area contributed by atoms with Crippen LogP contribution in [0.4, 0.5) is 5.69 Å². The van der Waals surface area contributed by atoms with E-state index in [9.17, 15) is 76.3 Å². The van der Waals surface area contributed by atoms with E-state index in [1.807, 2.05) is 24.3 Å². The molecule has 2 saturated carbocycles. The first-order valence-corrected chi connectivity index (χ1v) is 51.0. The van der Waals surface area contributed by atoms with Crippen LogP contribution in [0.25, 0.3) is 0 Å². The molecule has 39 atom stereocenters. The first-order valence-electron chi connectivity index (χ1n) is 47.5. The number of carbonyl (C=O) groups excluding carboxylic acids is 1. The second kappa shape index (κ2) is 51.6. The third kappa shape index (κ3) is 26.9. The molecule has 140 heavy (non-hydrogen) atoms. The van der Waals surface area contributed by atoms with Crippen molar-refractivity contribution in [2.75, 3.05) is 107 Å². The summed E-state index contributed by atoms with van der Waals surface area (Å²) in [5, 5.41) is 175. The molecule has 0 bridgehead atoms. The summed E-state index contributed by atoms with van der Waals surface area (Å²) in [5.74, 6) is 0.719. The summed E-state index contributed by atoms with van der Waals surface area (Å²) in [4.78, 5) is 16.2. The van der Waals surface area contributed by atoms with E-state index >= 15 is 0 Å². The van der Waals surface area contributed by atoms with E-state index in [0.29, 0.717) is 87.9 Å². The number of anilines is 1. The molecule has 53 heteroatoms.